The molecule has 2 N–H and O–H groups in total. The number of carbonyl (C=O) groups is 1. The van der Waals surface area contributed by atoms with Crippen molar-refractivity contribution in [1.82, 2.24) is 10.3 Å². The van der Waals surface area contributed by atoms with Crippen molar-refractivity contribution in [1.29, 1.82) is 0 Å². The van der Waals surface area contributed by atoms with E-state index >= 15 is 0 Å². The molecule has 6 heteroatoms. The van der Waals surface area contributed by atoms with Crippen molar-refractivity contribution >= 4 is 29.0 Å². The summed E-state index contributed by atoms with van der Waals surface area (Å²) in [7, 11) is 0. The highest BCUT2D eigenvalue weighted by atomic mass is 32.2. The van der Waals surface area contributed by atoms with Crippen LogP contribution in [-0.4, -0.2) is 33.9 Å². The topological polar surface area (TPSA) is 62.2 Å². The van der Waals surface area contributed by atoms with Crippen molar-refractivity contribution in [2.24, 2.45) is 0 Å². The summed E-state index contributed by atoms with van der Waals surface area (Å²) in [5, 5.41) is 15.8. The predicted octanol–water partition coefficient (Wildman–Crippen LogP) is 2.35. The summed E-state index contributed by atoms with van der Waals surface area (Å²) in [6.45, 7) is 6.06. The first-order valence-corrected chi connectivity index (χ1v) is 8.44. The Hall–Kier alpha value is -0.590. The molecule has 0 spiro atoms. The Bertz CT molecular complexity index is 405. The Morgan fingerprint density at radius 2 is 2.37 bits per heavy atom. The number of thioether (sulfide) groups is 1. The number of nitrogens with one attached hydrogen (secondary N) is 1. The Morgan fingerprint density at radius 1 is 1.63 bits per heavy atom. The lowest BCUT2D eigenvalue weighted by molar-refractivity contribution is -0.119. The van der Waals surface area contributed by atoms with E-state index in [1.807, 2.05) is 19.2 Å². The molecule has 0 bridgehead atoms. The van der Waals surface area contributed by atoms with Crippen LogP contribution in [0.3, 0.4) is 0 Å². The summed E-state index contributed by atoms with van der Waals surface area (Å²) < 4.78 is 0. The second-order valence-electron chi connectivity index (χ2n) is 4.87. The Labute approximate surface area is 123 Å². The van der Waals surface area contributed by atoms with E-state index in [-0.39, 0.29) is 5.91 Å². The number of aryl methyl sites for hydroxylation is 1. The molecule has 1 aromatic heterocycles. The van der Waals surface area contributed by atoms with Crippen LogP contribution in [-0.2, 0) is 10.5 Å². The molecular formula is C13H22N2O2S2. The second-order valence-corrected chi connectivity index (χ2v) is 6.92. The van der Waals surface area contributed by atoms with Gasteiger partial charge in [0.2, 0.25) is 5.91 Å². The van der Waals surface area contributed by atoms with Crippen LogP contribution < -0.4 is 5.32 Å². The maximum absolute atomic E-state index is 11.6. The molecule has 0 aliphatic rings. The summed E-state index contributed by atoms with van der Waals surface area (Å²) in [4.78, 5) is 16.0. The normalized spacial score (nSPS) is 14.1. The van der Waals surface area contributed by atoms with Gasteiger partial charge < -0.3 is 10.4 Å². The molecule has 108 valence electrons. The van der Waals surface area contributed by atoms with Gasteiger partial charge in [-0.3, -0.25) is 4.79 Å². The van der Waals surface area contributed by atoms with Gasteiger partial charge in [-0.25, -0.2) is 4.98 Å². The fourth-order valence-electron chi connectivity index (χ4n) is 1.69. The minimum absolute atomic E-state index is 0.0340. The zero-order chi connectivity index (χ0) is 14.3. The minimum Gasteiger partial charge on any atom is -0.388 e. The molecule has 0 saturated carbocycles. The molecule has 0 aliphatic carbocycles. The lowest BCUT2D eigenvalue weighted by atomic mass is 10.0. The number of aliphatic hydroxyl groups is 1. The molecular weight excluding hydrogens is 280 g/mol. The Balaban J connectivity index is 2.18. The maximum Gasteiger partial charge on any atom is 0.230 e. The zero-order valence-electron chi connectivity index (χ0n) is 11.7. The van der Waals surface area contributed by atoms with Crippen LogP contribution in [0.4, 0.5) is 0 Å². The molecule has 0 aromatic carbocycles. The van der Waals surface area contributed by atoms with E-state index in [0.29, 0.717) is 18.7 Å². The molecule has 0 saturated heterocycles. The van der Waals surface area contributed by atoms with E-state index in [1.54, 1.807) is 30.0 Å². The van der Waals surface area contributed by atoms with E-state index < -0.39 is 5.60 Å². The Morgan fingerprint density at radius 3 is 2.95 bits per heavy atom. The molecule has 0 aliphatic heterocycles. The number of thiazole rings is 1. The number of carbonyl (C=O) groups excluding carboxylic acids is 1. The third-order valence-electron chi connectivity index (χ3n) is 2.60. The van der Waals surface area contributed by atoms with Crippen LogP contribution in [0, 0.1) is 6.92 Å². The van der Waals surface area contributed by atoms with Crippen LogP contribution in [0.15, 0.2) is 5.38 Å². The number of rotatable bonds is 8. The first kappa shape index (κ1) is 16.5. The first-order chi connectivity index (χ1) is 8.93. The molecule has 1 unspecified atom stereocenters. The van der Waals surface area contributed by atoms with Gasteiger partial charge in [0, 0.05) is 17.7 Å². The van der Waals surface area contributed by atoms with Gasteiger partial charge in [-0.1, -0.05) is 13.3 Å². The van der Waals surface area contributed by atoms with E-state index in [1.165, 1.54) is 0 Å². The van der Waals surface area contributed by atoms with Gasteiger partial charge in [0.1, 0.15) is 0 Å². The molecule has 1 aromatic rings. The average Bonchev–Trinajstić information content (AvgIpc) is 2.73. The number of aromatic nitrogens is 1. The van der Waals surface area contributed by atoms with Gasteiger partial charge in [0.25, 0.3) is 0 Å². The van der Waals surface area contributed by atoms with Gasteiger partial charge in [0.05, 0.1) is 22.1 Å². The molecule has 0 fully saturated rings. The van der Waals surface area contributed by atoms with Crippen molar-refractivity contribution in [3.63, 3.8) is 0 Å². The standard InChI is InChI=1S/C13H22N2O2S2/c1-4-5-13(3,17)9-14-12(16)8-18-6-11-7-19-10(2)15-11/h7,17H,4-6,8-9H2,1-3H3,(H,14,16). The van der Waals surface area contributed by atoms with Crippen LogP contribution in [0.5, 0.6) is 0 Å². The fraction of sp³-hybridized carbons (Fsp3) is 0.692. The molecule has 1 heterocycles. The molecule has 1 rings (SSSR count). The third kappa shape index (κ3) is 6.94. The lowest BCUT2D eigenvalue weighted by Crippen LogP contribution is -2.41. The van der Waals surface area contributed by atoms with Crippen molar-refractivity contribution in [2.75, 3.05) is 12.3 Å². The highest BCUT2D eigenvalue weighted by Gasteiger charge is 2.19. The van der Waals surface area contributed by atoms with E-state index in [2.05, 4.69) is 10.3 Å². The van der Waals surface area contributed by atoms with Crippen molar-refractivity contribution in [3.05, 3.63) is 16.1 Å². The average molecular weight is 302 g/mol. The van der Waals surface area contributed by atoms with Crippen LogP contribution >= 0.6 is 23.1 Å². The number of nitrogens with zero attached hydrogens (tertiary/aromatic N) is 1. The fourth-order valence-corrected chi connectivity index (χ4v) is 3.15. The van der Waals surface area contributed by atoms with Crippen molar-refractivity contribution < 1.29 is 9.90 Å². The lowest BCUT2D eigenvalue weighted by Gasteiger charge is -2.22. The zero-order valence-corrected chi connectivity index (χ0v) is 13.4. The summed E-state index contributed by atoms with van der Waals surface area (Å²) in [6.07, 6.45) is 1.60. The number of hydrogen-bond donors (Lipinski definition) is 2. The van der Waals surface area contributed by atoms with Gasteiger partial charge in [-0.2, -0.15) is 0 Å². The maximum atomic E-state index is 11.6. The van der Waals surface area contributed by atoms with Crippen LogP contribution in [0.25, 0.3) is 0 Å². The van der Waals surface area contributed by atoms with Gasteiger partial charge in [-0.15, -0.1) is 23.1 Å². The van der Waals surface area contributed by atoms with Gasteiger partial charge in [-0.05, 0) is 20.3 Å². The van der Waals surface area contributed by atoms with Crippen molar-refractivity contribution in [2.45, 2.75) is 45.0 Å². The minimum atomic E-state index is -0.804. The van der Waals surface area contributed by atoms with Gasteiger partial charge in [0.15, 0.2) is 0 Å². The quantitative estimate of drug-likeness (QED) is 0.774. The smallest absolute Gasteiger partial charge is 0.230 e. The van der Waals surface area contributed by atoms with Crippen molar-refractivity contribution in [3.8, 4) is 0 Å². The molecule has 4 nitrogen and oxygen atoms in total. The van der Waals surface area contributed by atoms with E-state index in [4.69, 9.17) is 0 Å². The number of hydrogen-bond acceptors (Lipinski definition) is 5. The second kappa shape index (κ2) is 7.87. The highest BCUT2D eigenvalue weighted by molar-refractivity contribution is 7.99. The SMILES string of the molecule is CCCC(C)(O)CNC(=O)CSCc1csc(C)n1. The highest BCUT2D eigenvalue weighted by Crippen LogP contribution is 2.15. The number of amides is 1. The van der Waals surface area contributed by atoms with E-state index in [0.717, 1.165) is 22.9 Å². The van der Waals surface area contributed by atoms with Gasteiger partial charge >= 0.3 is 0 Å². The van der Waals surface area contributed by atoms with E-state index in [9.17, 15) is 9.90 Å². The van der Waals surface area contributed by atoms with Crippen LogP contribution in [0.1, 0.15) is 37.4 Å². The predicted molar refractivity (Wildman–Crippen MR) is 81.6 cm³/mol. The largest absolute Gasteiger partial charge is 0.388 e. The summed E-state index contributed by atoms with van der Waals surface area (Å²) in [6, 6.07) is 0. The Kier molecular flexibility index (Phi) is 6.82. The summed E-state index contributed by atoms with van der Waals surface area (Å²) in [5.41, 5.74) is 0.222. The first-order valence-electron chi connectivity index (χ1n) is 6.41. The summed E-state index contributed by atoms with van der Waals surface area (Å²) >= 11 is 3.17. The molecule has 1 atom stereocenters. The van der Waals surface area contributed by atoms with Crippen LogP contribution in [0.2, 0.25) is 0 Å². The molecule has 0 radical (unpaired) electrons. The molecule has 1 amide bonds. The monoisotopic (exact) mass is 302 g/mol. The third-order valence-corrected chi connectivity index (χ3v) is 4.39. The summed E-state index contributed by atoms with van der Waals surface area (Å²) in [5.74, 6) is 1.12. The molecule has 19 heavy (non-hydrogen) atoms.